The van der Waals surface area contributed by atoms with E-state index in [0.717, 1.165) is 18.9 Å². The van der Waals surface area contributed by atoms with Crippen molar-refractivity contribution in [3.05, 3.63) is 71.3 Å². The van der Waals surface area contributed by atoms with E-state index in [0.29, 0.717) is 0 Å². The van der Waals surface area contributed by atoms with E-state index >= 15 is 0 Å². The third-order valence-corrected chi connectivity index (χ3v) is 5.26. The molecule has 2 heteroatoms. The Morgan fingerprint density at radius 2 is 1.47 bits per heavy atom. The molecule has 0 fully saturated rings. The Balaban J connectivity index is 2.03. The third-order valence-electron chi connectivity index (χ3n) is 3.25. The molecule has 0 aromatic heterocycles. The molecular formula is C17H21ClSi. The minimum atomic E-state index is -1.46. The van der Waals surface area contributed by atoms with Gasteiger partial charge in [-0.05, 0) is 35.6 Å². The van der Waals surface area contributed by atoms with Gasteiger partial charge in [0.05, 0.1) is 0 Å². The van der Waals surface area contributed by atoms with Gasteiger partial charge in [-0.1, -0.05) is 67.7 Å². The van der Waals surface area contributed by atoms with Crippen LogP contribution < -0.4 is 0 Å². The van der Waals surface area contributed by atoms with Gasteiger partial charge in [0.25, 0.3) is 0 Å². The summed E-state index contributed by atoms with van der Waals surface area (Å²) in [4.78, 5) is 0. The molecule has 0 saturated heterocycles. The molecule has 0 saturated carbocycles. The maximum atomic E-state index is 6.39. The summed E-state index contributed by atoms with van der Waals surface area (Å²) in [6.45, 7) is 4.42. The van der Waals surface area contributed by atoms with Crippen LogP contribution in [0.15, 0.2) is 54.6 Å². The average molecular weight is 289 g/mol. The smallest absolute Gasteiger partial charge is 0.150 e. The lowest BCUT2D eigenvalue weighted by molar-refractivity contribution is 1.08. The first-order valence-corrected chi connectivity index (χ1v) is 11.1. The number of hydrogen-bond acceptors (Lipinski definition) is 0. The Kier molecular flexibility index (Phi) is 4.84. The highest BCUT2D eigenvalue weighted by atomic mass is 35.6. The summed E-state index contributed by atoms with van der Waals surface area (Å²) < 4.78 is 0. The first-order valence-electron chi connectivity index (χ1n) is 6.84. The van der Waals surface area contributed by atoms with Crippen LogP contribution in [0.2, 0.25) is 19.1 Å². The Morgan fingerprint density at radius 3 is 2.16 bits per heavy atom. The van der Waals surface area contributed by atoms with Gasteiger partial charge in [0.1, 0.15) is 0 Å². The molecule has 0 aliphatic rings. The number of benzene rings is 2. The van der Waals surface area contributed by atoms with Gasteiger partial charge in [-0.15, -0.1) is 0 Å². The van der Waals surface area contributed by atoms with Crippen LogP contribution in [0.3, 0.4) is 0 Å². The van der Waals surface area contributed by atoms with Crippen LogP contribution >= 0.6 is 11.1 Å². The molecule has 0 aliphatic carbocycles. The van der Waals surface area contributed by atoms with Crippen LogP contribution in [0.4, 0.5) is 0 Å². The van der Waals surface area contributed by atoms with Crippen LogP contribution in [0.25, 0.3) is 0 Å². The first-order chi connectivity index (χ1) is 9.03. The fourth-order valence-corrected chi connectivity index (χ4v) is 3.33. The van der Waals surface area contributed by atoms with Crippen molar-refractivity contribution >= 4 is 18.5 Å². The van der Waals surface area contributed by atoms with Crippen molar-refractivity contribution in [3.63, 3.8) is 0 Å². The Labute approximate surface area is 122 Å². The first kappa shape index (κ1) is 14.4. The highest BCUT2D eigenvalue weighted by Crippen LogP contribution is 2.19. The van der Waals surface area contributed by atoms with Gasteiger partial charge in [-0.2, -0.15) is 11.1 Å². The highest BCUT2D eigenvalue weighted by molar-refractivity contribution is 7.19. The van der Waals surface area contributed by atoms with Crippen molar-refractivity contribution in [1.29, 1.82) is 0 Å². The summed E-state index contributed by atoms with van der Waals surface area (Å²) in [5.41, 5.74) is 4.17. The van der Waals surface area contributed by atoms with E-state index in [1.807, 2.05) is 0 Å². The molecule has 0 amide bonds. The normalized spacial score (nSPS) is 11.5. The molecule has 2 rings (SSSR count). The monoisotopic (exact) mass is 288 g/mol. The zero-order valence-corrected chi connectivity index (χ0v) is 13.5. The molecule has 2 aromatic carbocycles. The average Bonchev–Trinajstić information content (AvgIpc) is 2.37. The van der Waals surface area contributed by atoms with Gasteiger partial charge in [0, 0.05) is 0 Å². The van der Waals surface area contributed by atoms with Gasteiger partial charge in [-0.3, -0.25) is 0 Å². The number of hydrogen-bond donors (Lipinski definition) is 0. The second-order valence-electron chi connectivity index (χ2n) is 5.70. The van der Waals surface area contributed by atoms with Crippen molar-refractivity contribution in [1.82, 2.24) is 0 Å². The SMILES string of the molecule is C[Si](C)(Cl)CCc1cccc(Cc2ccccc2)c1. The Hall–Kier alpha value is -1.05. The van der Waals surface area contributed by atoms with E-state index in [2.05, 4.69) is 67.7 Å². The van der Waals surface area contributed by atoms with E-state index in [1.54, 1.807) is 0 Å². The van der Waals surface area contributed by atoms with Gasteiger partial charge in [-0.25, -0.2) is 0 Å². The van der Waals surface area contributed by atoms with Crippen molar-refractivity contribution in [2.75, 3.05) is 0 Å². The summed E-state index contributed by atoms with van der Waals surface area (Å²) in [5, 5.41) is 0. The van der Waals surface area contributed by atoms with Crippen molar-refractivity contribution in [2.45, 2.75) is 32.0 Å². The maximum absolute atomic E-state index is 6.39. The van der Waals surface area contributed by atoms with Crippen LogP contribution in [-0.4, -0.2) is 7.38 Å². The summed E-state index contributed by atoms with van der Waals surface area (Å²) in [6, 6.07) is 20.7. The minimum Gasteiger partial charge on any atom is -0.168 e. The second kappa shape index (κ2) is 6.40. The van der Waals surface area contributed by atoms with E-state index in [1.165, 1.54) is 16.7 Å². The zero-order valence-electron chi connectivity index (χ0n) is 11.7. The molecule has 19 heavy (non-hydrogen) atoms. The highest BCUT2D eigenvalue weighted by Gasteiger charge is 2.16. The molecule has 0 nitrogen and oxygen atoms in total. The molecule has 0 bridgehead atoms. The van der Waals surface area contributed by atoms with Crippen molar-refractivity contribution in [3.8, 4) is 0 Å². The molecule has 0 heterocycles. The van der Waals surface area contributed by atoms with Crippen LogP contribution in [0, 0.1) is 0 Å². The summed E-state index contributed by atoms with van der Waals surface area (Å²) in [5.74, 6) is 0. The quantitative estimate of drug-likeness (QED) is 0.520. The predicted molar refractivity (Wildman–Crippen MR) is 87.5 cm³/mol. The van der Waals surface area contributed by atoms with E-state index in [9.17, 15) is 0 Å². The fourth-order valence-electron chi connectivity index (χ4n) is 2.17. The lowest BCUT2D eigenvalue weighted by Gasteiger charge is -2.13. The van der Waals surface area contributed by atoms with Crippen molar-refractivity contribution < 1.29 is 0 Å². The summed E-state index contributed by atoms with van der Waals surface area (Å²) in [6.07, 6.45) is 2.11. The Morgan fingerprint density at radius 1 is 0.842 bits per heavy atom. The van der Waals surface area contributed by atoms with Gasteiger partial charge in [0.15, 0.2) is 7.38 Å². The predicted octanol–water partition coefficient (Wildman–Crippen LogP) is 5.26. The third kappa shape index (κ3) is 5.21. The van der Waals surface area contributed by atoms with E-state index < -0.39 is 7.38 Å². The number of rotatable bonds is 5. The molecule has 0 N–H and O–H groups in total. The molecule has 0 atom stereocenters. The summed E-state index contributed by atoms with van der Waals surface area (Å²) >= 11 is 6.39. The maximum Gasteiger partial charge on any atom is 0.150 e. The van der Waals surface area contributed by atoms with Crippen LogP contribution in [0.1, 0.15) is 16.7 Å². The molecule has 100 valence electrons. The van der Waals surface area contributed by atoms with Gasteiger partial charge < -0.3 is 0 Å². The molecule has 2 aromatic rings. The zero-order chi connectivity index (χ0) is 13.7. The summed E-state index contributed by atoms with van der Waals surface area (Å²) in [7, 11) is -1.46. The number of halogens is 1. The van der Waals surface area contributed by atoms with Gasteiger partial charge in [0.2, 0.25) is 0 Å². The van der Waals surface area contributed by atoms with E-state index in [-0.39, 0.29) is 0 Å². The molecule has 0 spiro atoms. The van der Waals surface area contributed by atoms with Crippen LogP contribution in [0.5, 0.6) is 0 Å². The second-order valence-corrected chi connectivity index (χ2v) is 12.7. The molecule has 0 radical (unpaired) electrons. The van der Waals surface area contributed by atoms with Gasteiger partial charge >= 0.3 is 0 Å². The Bertz CT molecular complexity index is 514. The fraction of sp³-hybridized carbons (Fsp3) is 0.294. The lowest BCUT2D eigenvalue weighted by Crippen LogP contribution is -2.16. The van der Waals surface area contributed by atoms with Crippen LogP contribution in [-0.2, 0) is 12.8 Å². The molecular weight excluding hydrogens is 268 g/mol. The topological polar surface area (TPSA) is 0 Å². The number of aryl methyl sites for hydroxylation is 1. The largest absolute Gasteiger partial charge is 0.168 e. The molecule has 0 unspecified atom stereocenters. The van der Waals surface area contributed by atoms with Crippen molar-refractivity contribution in [2.24, 2.45) is 0 Å². The molecule has 0 aliphatic heterocycles. The van der Waals surface area contributed by atoms with E-state index in [4.69, 9.17) is 11.1 Å². The standard InChI is InChI=1S/C17H21ClSi/c1-19(2,18)12-11-16-9-6-10-17(14-16)13-15-7-4-3-5-8-15/h3-10,14H,11-13H2,1-2H3. The lowest BCUT2D eigenvalue weighted by atomic mass is 10.0. The minimum absolute atomic E-state index is 1.01.